The molecule has 3 aromatic rings. The molecule has 0 radical (unpaired) electrons. The van der Waals surface area contributed by atoms with Crippen molar-refractivity contribution in [3.8, 4) is 0 Å². The molecule has 1 aliphatic rings. The number of hydrogen-bond acceptors (Lipinski definition) is 2. The molecular weight excluding hydrogens is 298 g/mol. The highest BCUT2D eigenvalue weighted by atomic mass is 32.2. The second-order valence-electron chi connectivity index (χ2n) is 6.13. The summed E-state index contributed by atoms with van der Waals surface area (Å²) in [5.41, 5.74) is 6.43. The van der Waals surface area contributed by atoms with Crippen LogP contribution in [-0.4, -0.2) is 5.75 Å². The van der Waals surface area contributed by atoms with Crippen molar-refractivity contribution in [2.75, 3.05) is 11.1 Å². The SMILES string of the molecule is CC1=C(Nc2ccccc2)c2cc3ccc(C)cc3cc2SC1. The molecule has 3 aromatic carbocycles. The van der Waals surface area contributed by atoms with Crippen molar-refractivity contribution in [1.29, 1.82) is 0 Å². The molecule has 0 saturated carbocycles. The first-order chi connectivity index (χ1) is 11.2. The normalized spacial score (nSPS) is 14.0. The highest BCUT2D eigenvalue weighted by molar-refractivity contribution is 7.99. The van der Waals surface area contributed by atoms with Crippen LogP contribution >= 0.6 is 11.8 Å². The van der Waals surface area contributed by atoms with Gasteiger partial charge in [-0.2, -0.15) is 0 Å². The quantitative estimate of drug-likeness (QED) is 0.613. The molecule has 1 N–H and O–H groups in total. The van der Waals surface area contributed by atoms with Crippen LogP contribution in [0, 0.1) is 6.92 Å². The van der Waals surface area contributed by atoms with Gasteiger partial charge in [0.1, 0.15) is 0 Å². The number of para-hydroxylation sites is 1. The molecule has 1 aliphatic heterocycles. The maximum Gasteiger partial charge on any atom is 0.0467 e. The fourth-order valence-electron chi connectivity index (χ4n) is 3.04. The second kappa shape index (κ2) is 5.78. The number of thioether (sulfide) groups is 1. The van der Waals surface area contributed by atoms with E-state index in [1.54, 1.807) is 0 Å². The van der Waals surface area contributed by atoms with Crippen molar-refractivity contribution in [3.63, 3.8) is 0 Å². The molecule has 0 bridgehead atoms. The summed E-state index contributed by atoms with van der Waals surface area (Å²) in [6.07, 6.45) is 0. The minimum absolute atomic E-state index is 1.04. The maximum absolute atomic E-state index is 3.63. The molecule has 0 amide bonds. The Morgan fingerprint density at radius 3 is 2.52 bits per heavy atom. The molecular formula is C21H19NS. The minimum Gasteiger partial charge on any atom is -0.355 e. The Kier molecular flexibility index (Phi) is 3.62. The van der Waals surface area contributed by atoms with Crippen LogP contribution in [0.3, 0.4) is 0 Å². The van der Waals surface area contributed by atoms with Crippen LogP contribution in [0.5, 0.6) is 0 Å². The summed E-state index contributed by atoms with van der Waals surface area (Å²) in [5, 5.41) is 6.26. The zero-order chi connectivity index (χ0) is 15.8. The molecule has 0 saturated heterocycles. The third-order valence-corrected chi connectivity index (χ3v) is 5.50. The Morgan fingerprint density at radius 2 is 1.70 bits per heavy atom. The number of hydrogen-bond donors (Lipinski definition) is 1. The molecule has 1 heterocycles. The van der Waals surface area contributed by atoms with Crippen LogP contribution in [0.15, 0.2) is 71.1 Å². The maximum atomic E-state index is 3.63. The lowest BCUT2D eigenvalue weighted by molar-refractivity contribution is 1.29. The van der Waals surface area contributed by atoms with E-state index in [4.69, 9.17) is 0 Å². The predicted molar refractivity (Wildman–Crippen MR) is 102 cm³/mol. The van der Waals surface area contributed by atoms with Gasteiger partial charge in [-0.25, -0.2) is 0 Å². The van der Waals surface area contributed by atoms with Gasteiger partial charge < -0.3 is 5.32 Å². The number of anilines is 1. The number of benzene rings is 3. The zero-order valence-electron chi connectivity index (χ0n) is 13.4. The van der Waals surface area contributed by atoms with Gasteiger partial charge in [-0.3, -0.25) is 0 Å². The third kappa shape index (κ3) is 2.75. The molecule has 0 atom stereocenters. The van der Waals surface area contributed by atoms with Crippen molar-refractivity contribution in [2.45, 2.75) is 18.7 Å². The first-order valence-electron chi connectivity index (χ1n) is 7.90. The summed E-state index contributed by atoms with van der Waals surface area (Å²) in [6, 6.07) is 21.8. The molecule has 23 heavy (non-hydrogen) atoms. The van der Waals surface area contributed by atoms with Gasteiger partial charge in [-0.15, -0.1) is 11.8 Å². The molecule has 0 aliphatic carbocycles. The predicted octanol–water partition coefficient (Wildman–Crippen LogP) is 6.10. The van der Waals surface area contributed by atoms with E-state index in [1.165, 1.54) is 38.1 Å². The van der Waals surface area contributed by atoms with Gasteiger partial charge in [-0.05, 0) is 54.5 Å². The lowest BCUT2D eigenvalue weighted by atomic mass is 10.0. The lowest BCUT2D eigenvalue weighted by Gasteiger charge is -2.23. The van der Waals surface area contributed by atoms with Gasteiger partial charge in [-0.1, -0.05) is 42.0 Å². The van der Waals surface area contributed by atoms with Gasteiger partial charge in [0.2, 0.25) is 0 Å². The van der Waals surface area contributed by atoms with Crippen molar-refractivity contribution < 1.29 is 0 Å². The van der Waals surface area contributed by atoms with Crippen LogP contribution in [0.25, 0.3) is 16.5 Å². The molecule has 2 heteroatoms. The molecule has 0 unspecified atom stereocenters. The number of fused-ring (bicyclic) bond motifs is 2. The Hall–Kier alpha value is -2.19. The monoisotopic (exact) mass is 317 g/mol. The van der Waals surface area contributed by atoms with Crippen LogP contribution in [0.2, 0.25) is 0 Å². The van der Waals surface area contributed by atoms with Crippen molar-refractivity contribution in [1.82, 2.24) is 0 Å². The van der Waals surface area contributed by atoms with Crippen LogP contribution in [0.1, 0.15) is 18.1 Å². The fourth-order valence-corrected chi connectivity index (χ4v) is 4.08. The van der Waals surface area contributed by atoms with Gasteiger partial charge in [0.25, 0.3) is 0 Å². The van der Waals surface area contributed by atoms with Gasteiger partial charge in [0, 0.05) is 27.6 Å². The average molecular weight is 317 g/mol. The van der Waals surface area contributed by atoms with Crippen molar-refractivity contribution in [2.24, 2.45) is 0 Å². The second-order valence-corrected chi connectivity index (χ2v) is 7.15. The van der Waals surface area contributed by atoms with Gasteiger partial charge >= 0.3 is 0 Å². The highest BCUT2D eigenvalue weighted by Gasteiger charge is 2.18. The molecule has 0 fully saturated rings. The Morgan fingerprint density at radius 1 is 0.870 bits per heavy atom. The van der Waals surface area contributed by atoms with E-state index in [0.717, 1.165) is 11.4 Å². The molecule has 0 spiro atoms. The van der Waals surface area contributed by atoms with E-state index in [2.05, 4.69) is 73.8 Å². The summed E-state index contributed by atoms with van der Waals surface area (Å²) < 4.78 is 0. The summed E-state index contributed by atoms with van der Waals surface area (Å²) >= 11 is 1.93. The van der Waals surface area contributed by atoms with E-state index in [9.17, 15) is 0 Å². The lowest BCUT2D eigenvalue weighted by Crippen LogP contribution is -2.08. The molecule has 4 rings (SSSR count). The Labute approximate surface area is 141 Å². The van der Waals surface area contributed by atoms with E-state index < -0.39 is 0 Å². The zero-order valence-corrected chi connectivity index (χ0v) is 14.2. The summed E-state index contributed by atoms with van der Waals surface area (Å²) in [6.45, 7) is 4.37. The van der Waals surface area contributed by atoms with E-state index in [0.29, 0.717) is 0 Å². The van der Waals surface area contributed by atoms with Gasteiger partial charge in [0.05, 0.1) is 0 Å². The largest absolute Gasteiger partial charge is 0.355 e. The summed E-state index contributed by atoms with van der Waals surface area (Å²) in [7, 11) is 0. The smallest absolute Gasteiger partial charge is 0.0467 e. The first-order valence-corrected chi connectivity index (χ1v) is 8.89. The van der Waals surface area contributed by atoms with Crippen LogP contribution < -0.4 is 5.32 Å². The summed E-state index contributed by atoms with van der Waals surface area (Å²) in [4.78, 5) is 1.37. The topological polar surface area (TPSA) is 12.0 Å². The fraction of sp³-hybridized carbons (Fsp3) is 0.143. The highest BCUT2D eigenvalue weighted by Crippen LogP contribution is 2.39. The molecule has 114 valence electrons. The van der Waals surface area contributed by atoms with E-state index in [1.807, 2.05) is 17.8 Å². The molecule has 1 nitrogen and oxygen atoms in total. The van der Waals surface area contributed by atoms with Crippen LogP contribution in [0.4, 0.5) is 5.69 Å². The number of nitrogens with one attached hydrogen (secondary N) is 1. The number of rotatable bonds is 2. The van der Waals surface area contributed by atoms with Gasteiger partial charge in [0.15, 0.2) is 0 Å². The molecule has 0 aromatic heterocycles. The summed E-state index contributed by atoms with van der Waals surface area (Å²) in [5.74, 6) is 1.04. The van der Waals surface area contributed by atoms with Crippen molar-refractivity contribution in [3.05, 3.63) is 77.4 Å². The Bertz CT molecular complexity index is 910. The van der Waals surface area contributed by atoms with E-state index >= 15 is 0 Å². The third-order valence-electron chi connectivity index (χ3n) is 4.28. The van der Waals surface area contributed by atoms with Crippen LogP contribution in [-0.2, 0) is 0 Å². The number of aryl methyl sites for hydroxylation is 1. The average Bonchev–Trinajstić information content (AvgIpc) is 2.57. The Balaban J connectivity index is 1.83. The first kappa shape index (κ1) is 14.4. The van der Waals surface area contributed by atoms with Crippen molar-refractivity contribution >= 4 is 33.9 Å². The standard InChI is InChI=1S/C21H19NS/c1-14-8-9-16-11-19-20(12-17(16)10-14)23-13-15(2)21(19)22-18-6-4-3-5-7-18/h3-12,22H,13H2,1-2H3. The minimum atomic E-state index is 1.04. The van der Waals surface area contributed by atoms with E-state index in [-0.39, 0.29) is 0 Å².